The molecule has 0 amide bonds. The smallest absolute Gasteiger partial charge is 0.462 e. The summed E-state index contributed by atoms with van der Waals surface area (Å²) in [4.78, 5) is 35.2. The Morgan fingerprint density at radius 2 is 0.712 bits per heavy atom. The van der Waals surface area contributed by atoms with Crippen LogP contribution in [-0.4, -0.2) is 49.3 Å². The standard InChI is InChI=1S/C63H116NO8P/c1-3-5-7-9-11-13-15-17-19-21-23-25-27-28-29-30-31-32-34-35-37-39-41-43-45-47-49-51-53-55-62(65)69-59-61(60-71-73(67,68)70-58-57-64)72-63(66)56-54-52-50-48-46-44-42-40-38-36-33-26-24-22-20-18-16-14-12-10-8-6-4-2/h15-18,21-24,33,36,61H,3-14,19-20,25-32,34-35,37-60,64H2,1-2H3,(H,67,68)/b17-15-,18-16-,23-21-,24-22-,36-33-. The number of unbranched alkanes of at least 4 members (excludes halogenated alkanes) is 35. The molecule has 0 rings (SSSR count). The van der Waals surface area contributed by atoms with Gasteiger partial charge in [-0.1, -0.05) is 261 Å². The number of rotatable bonds is 58. The molecule has 0 aliphatic rings. The number of hydrogen-bond acceptors (Lipinski definition) is 8. The molecule has 0 radical (unpaired) electrons. The molecule has 426 valence electrons. The normalized spacial score (nSPS) is 13.4. The van der Waals surface area contributed by atoms with Gasteiger partial charge in [-0.2, -0.15) is 0 Å². The van der Waals surface area contributed by atoms with Crippen LogP contribution in [0.5, 0.6) is 0 Å². The van der Waals surface area contributed by atoms with Crippen LogP contribution in [-0.2, 0) is 32.7 Å². The third-order valence-corrected chi connectivity index (χ3v) is 14.4. The van der Waals surface area contributed by atoms with Crippen LogP contribution in [0.4, 0.5) is 0 Å². The number of phosphoric acid groups is 1. The summed E-state index contributed by atoms with van der Waals surface area (Å²) >= 11 is 0. The van der Waals surface area contributed by atoms with Gasteiger partial charge in [0.05, 0.1) is 13.2 Å². The van der Waals surface area contributed by atoms with Crippen LogP contribution in [0.2, 0.25) is 0 Å². The Morgan fingerprint density at radius 3 is 1.05 bits per heavy atom. The minimum Gasteiger partial charge on any atom is -0.462 e. The molecule has 0 aromatic heterocycles. The third kappa shape index (κ3) is 58.8. The molecule has 0 aliphatic heterocycles. The van der Waals surface area contributed by atoms with Crippen molar-refractivity contribution in [3.63, 3.8) is 0 Å². The van der Waals surface area contributed by atoms with Gasteiger partial charge in [0.15, 0.2) is 6.10 Å². The molecule has 0 spiro atoms. The Kier molecular flexibility index (Phi) is 57.1. The average molecular weight is 1050 g/mol. The van der Waals surface area contributed by atoms with Gasteiger partial charge in [-0.05, 0) is 83.5 Å². The van der Waals surface area contributed by atoms with Crippen molar-refractivity contribution in [3.05, 3.63) is 60.8 Å². The van der Waals surface area contributed by atoms with Gasteiger partial charge < -0.3 is 20.1 Å². The van der Waals surface area contributed by atoms with Crippen molar-refractivity contribution in [1.82, 2.24) is 0 Å². The number of esters is 2. The Bertz CT molecular complexity index is 1380. The van der Waals surface area contributed by atoms with Crippen LogP contribution < -0.4 is 5.73 Å². The van der Waals surface area contributed by atoms with E-state index >= 15 is 0 Å². The van der Waals surface area contributed by atoms with Crippen LogP contribution in [0.1, 0.15) is 296 Å². The minimum atomic E-state index is -4.39. The molecule has 9 nitrogen and oxygen atoms in total. The minimum absolute atomic E-state index is 0.0511. The summed E-state index contributed by atoms with van der Waals surface area (Å²) in [7, 11) is -4.39. The maximum Gasteiger partial charge on any atom is 0.472 e. The van der Waals surface area contributed by atoms with Gasteiger partial charge >= 0.3 is 19.8 Å². The molecule has 0 bridgehead atoms. The highest BCUT2D eigenvalue weighted by molar-refractivity contribution is 7.47. The largest absolute Gasteiger partial charge is 0.472 e. The number of carbonyl (C=O) groups excluding carboxylic acids is 2. The van der Waals surface area contributed by atoms with Crippen LogP contribution in [0.25, 0.3) is 0 Å². The van der Waals surface area contributed by atoms with Crippen LogP contribution in [0, 0.1) is 0 Å². The van der Waals surface area contributed by atoms with Crippen LogP contribution in [0.15, 0.2) is 60.8 Å². The van der Waals surface area contributed by atoms with Gasteiger partial charge in [0.1, 0.15) is 6.61 Å². The number of carbonyl (C=O) groups is 2. The number of hydrogen-bond donors (Lipinski definition) is 2. The van der Waals surface area contributed by atoms with E-state index in [0.717, 1.165) is 64.2 Å². The Morgan fingerprint density at radius 1 is 0.411 bits per heavy atom. The van der Waals surface area contributed by atoms with Crippen LogP contribution >= 0.6 is 7.82 Å². The topological polar surface area (TPSA) is 134 Å². The Labute approximate surface area is 450 Å². The summed E-state index contributed by atoms with van der Waals surface area (Å²) in [5, 5.41) is 0. The summed E-state index contributed by atoms with van der Waals surface area (Å²) in [6.45, 7) is 3.75. The van der Waals surface area contributed by atoms with Crippen molar-refractivity contribution in [3.8, 4) is 0 Å². The average Bonchev–Trinajstić information content (AvgIpc) is 3.38. The Hall–Kier alpha value is -2.29. The molecule has 0 saturated carbocycles. The first-order valence-corrected chi connectivity index (χ1v) is 32.3. The molecule has 0 saturated heterocycles. The summed E-state index contributed by atoms with van der Waals surface area (Å²) < 4.78 is 33.1. The van der Waals surface area contributed by atoms with E-state index in [9.17, 15) is 19.0 Å². The second-order valence-corrected chi connectivity index (χ2v) is 22.0. The number of phosphoric ester groups is 1. The van der Waals surface area contributed by atoms with Crippen molar-refractivity contribution in [2.45, 2.75) is 302 Å². The van der Waals surface area contributed by atoms with E-state index in [1.54, 1.807) is 0 Å². The zero-order chi connectivity index (χ0) is 53.1. The van der Waals surface area contributed by atoms with E-state index < -0.39 is 26.5 Å². The fourth-order valence-corrected chi connectivity index (χ4v) is 9.56. The van der Waals surface area contributed by atoms with Crippen LogP contribution in [0.3, 0.4) is 0 Å². The molecular weight excluding hydrogens is 930 g/mol. The second kappa shape index (κ2) is 59.0. The highest BCUT2D eigenvalue weighted by atomic mass is 31.2. The maximum atomic E-state index is 12.7. The molecule has 2 unspecified atom stereocenters. The second-order valence-electron chi connectivity index (χ2n) is 20.6. The Balaban J connectivity index is 3.93. The lowest BCUT2D eigenvalue weighted by Crippen LogP contribution is -2.29. The molecule has 10 heteroatoms. The summed E-state index contributed by atoms with van der Waals surface area (Å²) in [5.74, 6) is -0.826. The molecular formula is C63H116NO8P. The summed E-state index contributed by atoms with van der Waals surface area (Å²) in [6.07, 6.45) is 74.2. The van der Waals surface area contributed by atoms with Crippen molar-refractivity contribution in [1.29, 1.82) is 0 Å². The van der Waals surface area contributed by atoms with Gasteiger partial charge in [-0.25, -0.2) is 4.57 Å². The molecule has 0 heterocycles. The molecule has 0 aromatic carbocycles. The van der Waals surface area contributed by atoms with Gasteiger partial charge in [0, 0.05) is 19.4 Å². The van der Waals surface area contributed by atoms with Crippen molar-refractivity contribution < 1.29 is 37.6 Å². The fraction of sp³-hybridized carbons (Fsp3) is 0.810. The molecule has 3 N–H and O–H groups in total. The van der Waals surface area contributed by atoms with E-state index in [4.69, 9.17) is 24.3 Å². The van der Waals surface area contributed by atoms with E-state index in [2.05, 4.69) is 74.6 Å². The lowest BCUT2D eigenvalue weighted by molar-refractivity contribution is -0.161. The zero-order valence-corrected chi connectivity index (χ0v) is 48.5. The molecule has 0 aromatic rings. The lowest BCUT2D eigenvalue weighted by Gasteiger charge is -2.19. The number of ether oxygens (including phenoxy) is 2. The van der Waals surface area contributed by atoms with Crippen molar-refractivity contribution in [2.75, 3.05) is 26.4 Å². The fourth-order valence-electron chi connectivity index (χ4n) is 8.79. The highest BCUT2D eigenvalue weighted by Gasteiger charge is 2.26. The molecule has 0 fully saturated rings. The third-order valence-electron chi connectivity index (χ3n) is 13.4. The van der Waals surface area contributed by atoms with Gasteiger partial charge in [0.25, 0.3) is 0 Å². The van der Waals surface area contributed by atoms with Crippen molar-refractivity contribution >= 4 is 19.8 Å². The van der Waals surface area contributed by atoms with Gasteiger partial charge in [-0.15, -0.1) is 0 Å². The van der Waals surface area contributed by atoms with E-state index in [1.807, 2.05) is 0 Å². The predicted molar refractivity (Wildman–Crippen MR) is 312 cm³/mol. The molecule has 0 aliphatic carbocycles. The molecule has 73 heavy (non-hydrogen) atoms. The highest BCUT2D eigenvalue weighted by Crippen LogP contribution is 2.43. The quantitative estimate of drug-likeness (QED) is 0.0264. The first kappa shape index (κ1) is 70.7. The summed E-state index contributed by atoms with van der Waals surface area (Å²) in [6, 6.07) is 0. The van der Waals surface area contributed by atoms with E-state index in [1.165, 1.54) is 199 Å². The number of allylic oxidation sites excluding steroid dienone is 10. The maximum absolute atomic E-state index is 12.7. The van der Waals surface area contributed by atoms with Crippen molar-refractivity contribution in [2.24, 2.45) is 5.73 Å². The first-order valence-electron chi connectivity index (χ1n) is 30.8. The first-order chi connectivity index (χ1) is 35.8. The van der Waals surface area contributed by atoms with E-state index in [0.29, 0.717) is 6.42 Å². The lowest BCUT2D eigenvalue weighted by atomic mass is 10.0. The zero-order valence-electron chi connectivity index (χ0n) is 47.6. The SMILES string of the molecule is CCCCCCC/C=C\C/C=C\C/C=C\CCCCCCCCCCC(=O)OC(COC(=O)CCCCCCCCCCCCCCCCCCC/C=C\C/C=C\CCCCCCC)COP(=O)(O)OCCN. The van der Waals surface area contributed by atoms with Gasteiger partial charge in [0.2, 0.25) is 0 Å². The predicted octanol–water partition coefficient (Wildman–Crippen LogP) is 19.5. The monoisotopic (exact) mass is 1050 g/mol. The van der Waals surface area contributed by atoms with E-state index in [-0.39, 0.29) is 38.6 Å². The number of nitrogens with two attached hydrogens (primary N) is 1. The molecule has 2 atom stereocenters. The van der Waals surface area contributed by atoms with Gasteiger partial charge in [-0.3, -0.25) is 18.6 Å². The summed E-state index contributed by atoms with van der Waals surface area (Å²) in [5.41, 5.74) is 5.39.